The second-order valence-corrected chi connectivity index (χ2v) is 8.10. The van der Waals surface area contributed by atoms with Gasteiger partial charge in [-0.3, -0.25) is 10.6 Å². The lowest BCUT2D eigenvalue weighted by Gasteiger charge is -2.14. The molecule has 0 aliphatic carbocycles. The van der Waals surface area contributed by atoms with E-state index >= 15 is 0 Å². The number of rotatable bonds is 4. The highest BCUT2D eigenvalue weighted by atomic mass is 32.2. The fourth-order valence-corrected chi connectivity index (χ4v) is 3.76. The Morgan fingerprint density at radius 2 is 1.81 bits per heavy atom. The summed E-state index contributed by atoms with van der Waals surface area (Å²) in [4.78, 5) is 4.48. The van der Waals surface area contributed by atoms with Crippen LogP contribution in [0.1, 0.15) is 26.5 Å². The van der Waals surface area contributed by atoms with Gasteiger partial charge in [0.2, 0.25) is 0 Å². The molecule has 1 aromatic heterocycles. The molecule has 0 radical (unpaired) electrons. The Kier molecular flexibility index (Phi) is 4.22. The number of nitrogens with zero attached hydrogens (tertiary/aromatic N) is 1. The fraction of sp³-hybridized carbons (Fsp3) is 0.308. The normalized spacial score (nSPS) is 12.2. The van der Waals surface area contributed by atoms with Gasteiger partial charge in [0.05, 0.1) is 10.6 Å². The molecule has 2 aromatic rings. The van der Waals surface area contributed by atoms with Crippen molar-refractivity contribution in [1.29, 1.82) is 0 Å². The van der Waals surface area contributed by atoms with Crippen LogP contribution in [0.2, 0.25) is 0 Å². The van der Waals surface area contributed by atoms with Crippen molar-refractivity contribution in [3.63, 3.8) is 0 Å². The Labute approximate surface area is 128 Å². The monoisotopic (exact) mass is 326 g/mol. The van der Waals surface area contributed by atoms with E-state index in [1.165, 1.54) is 23.5 Å². The van der Waals surface area contributed by atoms with Crippen LogP contribution in [0.5, 0.6) is 0 Å². The van der Waals surface area contributed by atoms with E-state index in [1.807, 2.05) is 26.2 Å². The average molecular weight is 326 g/mol. The van der Waals surface area contributed by atoms with Gasteiger partial charge in [0.25, 0.3) is 10.0 Å². The van der Waals surface area contributed by atoms with Gasteiger partial charge in [-0.05, 0) is 24.3 Å². The van der Waals surface area contributed by atoms with Crippen LogP contribution in [-0.4, -0.2) is 13.4 Å². The molecule has 0 saturated carbocycles. The van der Waals surface area contributed by atoms with Crippen LogP contribution < -0.4 is 16.0 Å². The van der Waals surface area contributed by atoms with Crippen LogP contribution >= 0.6 is 11.3 Å². The van der Waals surface area contributed by atoms with E-state index in [0.29, 0.717) is 10.8 Å². The molecule has 1 heterocycles. The van der Waals surface area contributed by atoms with Crippen LogP contribution in [0.15, 0.2) is 34.5 Å². The number of nitrogens with two attached hydrogens (primary N) is 1. The van der Waals surface area contributed by atoms with Crippen LogP contribution in [0, 0.1) is 0 Å². The molecule has 0 amide bonds. The predicted molar refractivity (Wildman–Crippen MR) is 85.9 cm³/mol. The standard InChI is InChI=1S/C13H18N4O2S2/c1-13(2,3)11-8-20-12(15-11)17-21(18,19)10-6-4-9(16-14)5-7-10/h4-8,16H,14H2,1-3H3,(H,15,17). The van der Waals surface area contributed by atoms with Crippen molar-refractivity contribution in [3.05, 3.63) is 35.3 Å². The highest BCUT2D eigenvalue weighted by Crippen LogP contribution is 2.27. The minimum atomic E-state index is -3.64. The van der Waals surface area contributed by atoms with Gasteiger partial charge in [-0.2, -0.15) is 0 Å². The van der Waals surface area contributed by atoms with Gasteiger partial charge in [-0.25, -0.2) is 13.4 Å². The summed E-state index contributed by atoms with van der Waals surface area (Å²) in [5.74, 6) is 5.25. The van der Waals surface area contributed by atoms with Crippen molar-refractivity contribution in [2.24, 2.45) is 5.84 Å². The first-order valence-electron chi connectivity index (χ1n) is 6.28. The van der Waals surface area contributed by atoms with E-state index in [-0.39, 0.29) is 10.3 Å². The maximum atomic E-state index is 12.3. The Bertz CT molecular complexity index is 715. The zero-order valence-corrected chi connectivity index (χ0v) is 13.7. The second-order valence-electron chi connectivity index (χ2n) is 5.56. The Hall–Kier alpha value is -1.64. The summed E-state index contributed by atoms with van der Waals surface area (Å²) in [5, 5.41) is 2.22. The Morgan fingerprint density at radius 1 is 1.19 bits per heavy atom. The number of benzene rings is 1. The van der Waals surface area contributed by atoms with E-state index in [1.54, 1.807) is 12.1 Å². The van der Waals surface area contributed by atoms with Crippen molar-refractivity contribution < 1.29 is 8.42 Å². The molecule has 8 heteroatoms. The maximum Gasteiger partial charge on any atom is 0.263 e. The molecule has 0 unspecified atom stereocenters. The van der Waals surface area contributed by atoms with Crippen molar-refractivity contribution in [2.45, 2.75) is 31.1 Å². The predicted octanol–water partition coefficient (Wildman–Crippen LogP) is 2.53. The van der Waals surface area contributed by atoms with Gasteiger partial charge in [0.15, 0.2) is 5.13 Å². The van der Waals surface area contributed by atoms with Crippen molar-refractivity contribution in [3.8, 4) is 0 Å². The molecule has 0 aliphatic rings. The third kappa shape index (κ3) is 3.72. The van der Waals surface area contributed by atoms with E-state index in [0.717, 1.165) is 5.69 Å². The lowest BCUT2D eigenvalue weighted by molar-refractivity contribution is 0.573. The molecule has 4 N–H and O–H groups in total. The molecule has 114 valence electrons. The minimum Gasteiger partial charge on any atom is -0.324 e. The molecule has 1 aromatic carbocycles. The van der Waals surface area contributed by atoms with Gasteiger partial charge in [-0.1, -0.05) is 20.8 Å². The van der Waals surface area contributed by atoms with Gasteiger partial charge in [-0.15, -0.1) is 11.3 Å². The fourth-order valence-electron chi connectivity index (χ4n) is 1.57. The van der Waals surface area contributed by atoms with E-state index < -0.39 is 10.0 Å². The topological polar surface area (TPSA) is 97.1 Å². The Morgan fingerprint density at radius 3 is 2.29 bits per heavy atom. The SMILES string of the molecule is CC(C)(C)c1csc(NS(=O)(=O)c2ccc(NN)cc2)n1. The van der Waals surface area contributed by atoms with E-state index in [4.69, 9.17) is 5.84 Å². The second kappa shape index (κ2) is 5.63. The molecule has 21 heavy (non-hydrogen) atoms. The average Bonchev–Trinajstić information content (AvgIpc) is 2.86. The van der Waals surface area contributed by atoms with Gasteiger partial charge < -0.3 is 5.43 Å². The van der Waals surface area contributed by atoms with Crippen LogP contribution in [0.4, 0.5) is 10.8 Å². The lowest BCUT2D eigenvalue weighted by Crippen LogP contribution is -2.15. The first-order chi connectivity index (χ1) is 9.72. The van der Waals surface area contributed by atoms with Crippen molar-refractivity contribution in [2.75, 3.05) is 10.1 Å². The molecule has 0 fully saturated rings. The molecule has 6 nitrogen and oxygen atoms in total. The molecular formula is C13H18N4O2S2. The van der Waals surface area contributed by atoms with E-state index in [2.05, 4.69) is 15.1 Å². The van der Waals surface area contributed by atoms with Crippen LogP contribution in [0.3, 0.4) is 0 Å². The smallest absolute Gasteiger partial charge is 0.263 e. The summed E-state index contributed by atoms with van der Waals surface area (Å²) in [6.07, 6.45) is 0. The van der Waals surface area contributed by atoms with Crippen LogP contribution in [0.25, 0.3) is 0 Å². The van der Waals surface area contributed by atoms with Crippen molar-refractivity contribution in [1.82, 2.24) is 4.98 Å². The van der Waals surface area contributed by atoms with Gasteiger partial charge in [0.1, 0.15) is 0 Å². The summed E-state index contributed by atoms with van der Waals surface area (Å²) in [6, 6.07) is 6.15. The zero-order valence-electron chi connectivity index (χ0n) is 12.0. The summed E-state index contributed by atoms with van der Waals surface area (Å²) in [6.45, 7) is 6.08. The number of nitrogen functional groups attached to an aromatic ring is 1. The molecule has 0 saturated heterocycles. The first kappa shape index (κ1) is 15.7. The summed E-state index contributed by atoms with van der Waals surface area (Å²) in [5.41, 5.74) is 3.83. The number of hydrazine groups is 1. The third-order valence-corrected chi connectivity index (χ3v) is 5.07. The minimum absolute atomic E-state index is 0.116. The number of sulfonamides is 1. The van der Waals surface area contributed by atoms with E-state index in [9.17, 15) is 8.42 Å². The molecule has 0 spiro atoms. The van der Waals surface area contributed by atoms with Gasteiger partial charge >= 0.3 is 0 Å². The molecule has 0 atom stereocenters. The molecule has 0 bridgehead atoms. The summed E-state index contributed by atoms with van der Waals surface area (Å²) in [7, 11) is -3.64. The number of anilines is 2. The summed E-state index contributed by atoms with van der Waals surface area (Å²) >= 11 is 1.27. The van der Waals surface area contributed by atoms with Crippen LogP contribution in [-0.2, 0) is 15.4 Å². The Balaban J connectivity index is 2.22. The number of hydrogen-bond acceptors (Lipinski definition) is 6. The summed E-state index contributed by atoms with van der Waals surface area (Å²) < 4.78 is 27.0. The molecule has 2 rings (SSSR count). The first-order valence-corrected chi connectivity index (χ1v) is 8.64. The van der Waals surface area contributed by atoms with Crippen molar-refractivity contribution >= 4 is 32.2 Å². The molecule has 0 aliphatic heterocycles. The number of thiazole rings is 1. The lowest BCUT2D eigenvalue weighted by atomic mass is 9.93. The maximum absolute atomic E-state index is 12.3. The van der Waals surface area contributed by atoms with Gasteiger partial charge in [0, 0.05) is 16.5 Å². The largest absolute Gasteiger partial charge is 0.324 e. The number of nitrogens with one attached hydrogen (secondary N) is 2. The quantitative estimate of drug-likeness (QED) is 0.592. The number of hydrogen-bond donors (Lipinski definition) is 3. The molecular weight excluding hydrogens is 308 g/mol. The highest BCUT2D eigenvalue weighted by molar-refractivity contribution is 7.93. The highest BCUT2D eigenvalue weighted by Gasteiger charge is 2.20. The number of aromatic nitrogens is 1. The third-order valence-electron chi connectivity index (χ3n) is 2.83. The zero-order chi connectivity index (χ0) is 15.7.